The average molecular weight is 483 g/mol. The Balaban J connectivity index is 1.64. The number of hydrazine groups is 2. The maximum absolute atomic E-state index is 14.5. The molecule has 4 rings (SSSR count). The molecule has 0 unspecified atom stereocenters. The SMILES string of the molecule is COCCOC(=O)Nc1cccc(-c2cnc(N)c(C3=NN(C)NN3c3cccc(F)c3F)c2)c1. The molecule has 1 aliphatic heterocycles. The Hall–Kier alpha value is -4.29. The van der Waals surface area contributed by atoms with Gasteiger partial charge < -0.3 is 15.2 Å². The molecule has 0 radical (unpaired) electrons. The van der Waals surface area contributed by atoms with Crippen LogP contribution in [0, 0.1) is 11.6 Å². The molecule has 0 atom stereocenters. The number of nitrogens with zero attached hydrogens (tertiary/aromatic N) is 4. The number of nitrogen functional groups attached to an aromatic ring is 1. The molecule has 3 aromatic rings. The highest BCUT2D eigenvalue weighted by molar-refractivity contribution is 6.13. The van der Waals surface area contributed by atoms with E-state index in [-0.39, 0.29) is 30.6 Å². The van der Waals surface area contributed by atoms with Gasteiger partial charge in [-0.3, -0.25) is 5.32 Å². The number of benzene rings is 2. The Morgan fingerprint density at radius 2 is 1.94 bits per heavy atom. The summed E-state index contributed by atoms with van der Waals surface area (Å²) in [6.07, 6.45) is 0.951. The lowest BCUT2D eigenvalue weighted by Crippen LogP contribution is -2.43. The van der Waals surface area contributed by atoms with E-state index in [2.05, 4.69) is 20.9 Å². The molecule has 0 saturated heterocycles. The van der Waals surface area contributed by atoms with Gasteiger partial charge in [-0.15, -0.1) is 10.6 Å². The van der Waals surface area contributed by atoms with E-state index in [1.54, 1.807) is 37.5 Å². The van der Waals surface area contributed by atoms with Crippen LogP contribution < -0.4 is 21.6 Å². The van der Waals surface area contributed by atoms with E-state index >= 15 is 0 Å². The Bertz CT molecular complexity index is 1270. The number of aromatic nitrogens is 1. The van der Waals surface area contributed by atoms with Crippen LogP contribution in [-0.2, 0) is 9.47 Å². The minimum atomic E-state index is -1.04. The van der Waals surface area contributed by atoms with Gasteiger partial charge in [-0.05, 0) is 35.9 Å². The van der Waals surface area contributed by atoms with Crippen molar-refractivity contribution in [3.63, 3.8) is 0 Å². The third kappa shape index (κ3) is 5.28. The molecule has 0 bridgehead atoms. The van der Waals surface area contributed by atoms with Crippen molar-refractivity contribution in [2.24, 2.45) is 5.10 Å². The highest BCUT2D eigenvalue weighted by atomic mass is 19.2. The topological polar surface area (TPSA) is 117 Å². The van der Waals surface area contributed by atoms with Gasteiger partial charge >= 0.3 is 6.09 Å². The van der Waals surface area contributed by atoms with Crippen LogP contribution in [0.1, 0.15) is 5.56 Å². The Morgan fingerprint density at radius 3 is 2.74 bits per heavy atom. The molecule has 2 aromatic carbocycles. The van der Waals surface area contributed by atoms with Crippen molar-refractivity contribution in [3.05, 3.63) is 71.9 Å². The van der Waals surface area contributed by atoms with Crippen LogP contribution in [0.5, 0.6) is 0 Å². The Morgan fingerprint density at radius 1 is 1.14 bits per heavy atom. The number of carbonyl (C=O) groups excluding carboxylic acids is 1. The van der Waals surface area contributed by atoms with Gasteiger partial charge in [-0.25, -0.2) is 28.7 Å². The van der Waals surface area contributed by atoms with Gasteiger partial charge in [0.25, 0.3) is 0 Å². The van der Waals surface area contributed by atoms with Crippen molar-refractivity contribution < 1.29 is 23.0 Å². The Kier molecular flexibility index (Phi) is 7.03. The standard InChI is InChI=1S/C23H23F2N7O3/c1-31-29-22(32(30-31)19-8-4-7-18(24)20(19)25)17-12-15(13-27-21(17)26)14-5-3-6-16(11-14)28-23(33)35-10-9-34-2/h3-8,11-13,30H,9-10H2,1-2H3,(H2,26,27)(H,28,33). The molecule has 35 heavy (non-hydrogen) atoms. The van der Waals surface area contributed by atoms with Crippen LogP contribution in [0.15, 0.2) is 59.8 Å². The summed E-state index contributed by atoms with van der Waals surface area (Å²) >= 11 is 0. The number of carbonyl (C=O) groups is 1. The number of hydrogen-bond donors (Lipinski definition) is 3. The van der Waals surface area contributed by atoms with Crippen LogP contribution >= 0.6 is 0 Å². The zero-order valence-corrected chi connectivity index (χ0v) is 19.0. The van der Waals surface area contributed by atoms with Crippen LogP contribution in [0.4, 0.5) is 30.8 Å². The number of nitrogens with one attached hydrogen (secondary N) is 2. The molecular formula is C23H23F2N7O3. The number of amidine groups is 1. The van der Waals surface area contributed by atoms with E-state index in [9.17, 15) is 13.6 Å². The fraction of sp³-hybridized carbons (Fsp3) is 0.174. The third-order valence-electron chi connectivity index (χ3n) is 5.00. The predicted octanol–water partition coefficient (Wildman–Crippen LogP) is 3.34. The smallest absolute Gasteiger partial charge is 0.411 e. The summed E-state index contributed by atoms with van der Waals surface area (Å²) in [6.45, 7) is 0.415. The number of nitrogens with two attached hydrogens (primary N) is 1. The number of rotatable bonds is 7. The first-order chi connectivity index (χ1) is 16.9. The fourth-order valence-corrected chi connectivity index (χ4v) is 3.37. The van der Waals surface area contributed by atoms with Gasteiger partial charge in [0.15, 0.2) is 17.5 Å². The number of hydrogen-bond acceptors (Lipinski definition) is 9. The van der Waals surface area contributed by atoms with Gasteiger partial charge in [0, 0.05) is 31.6 Å². The van der Waals surface area contributed by atoms with Crippen molar-refractivity contribution >= 4 is 29.1 Å². The number of pyridine rings is 1. The zero-order chi connectivity index (χ0) is 24.9. The highest BCUT2D eigenvalue weighted by Gasteiger charge is 2.29. The summed E-state index contributed by atoms with van der Waals surface area (Å²) in [5.41, 5.74) is 11.2. The van der Waals surface area contributed by atoms with Gasteiger partial charge in [0.05, 0.1) is 12.2 Å². The molecular weight excluding hydrogens is 460 g/mol. The summed E-state index contributed by atoms with van der Waals surface area (Å²) in [5, 5.41) is 9.62. The molecule has 12 heteroatoms. The Labute approximate surface area is 199 Å². The lowest BCUT2D eigenvalue weighted by atomic mass is 10.0. The fourth-order valence-electron chi connectivity index (χ4n) is 3.37. The third-order valence-corrected chi connectivity index (χ3v) is 5.00. The first-order valence-corrected chi connectivity index (χ1v) is 10.5. The summed E-state index contributed by atoms with van der Waals surface area (Å²) in [5.74, 6) is -1.67. The zero-order valence-electron chi connectivity index (χ0n) is 19.0. The van der Waals surface area contributed by atoms with Crippen molar-refractivity contribution in [2.45, 2.75) is 0 Å². The van der Waals surface area contributed by atoms with E-state index in [0.717, 1.165) is 11.6 Å². The van der Waals surface area contributed by atoms with Crippen molar-refractivity contribution in [1.82, 2.24) is 15.6 Å². The van der Waals surface area contributed by atoms with Gasteiger partial charge in [-0.1, -0.05) is 18.2 Å². The number of ether oxygens (including phenoxy) is 2. The van der Waals surface area contributed by atoms with Crippen molar-refractivity contribution in [1.29, 1.82) is 0 Å². The lowest BCUT2D eigenvalue weighted by molar-refractivity contribution is 0.107. The summed E-state index contributed by atoms with van der Waals surface area (Å²) in [6, 6.07) is 12.6. The van der Waals surface area contributed by atoms with Crippen LogP contribution in [0.3, 0.4) is 0 Å². The van der Waals surface area contributed by atoms with Gasteiger partial charge in [-0.2, -0.15) is 0 Å². The normalized spacial score (nSPS) is 13.1. The second-order valence-electron chi connectivity index (χ2n) is 7.45. The van der Waals surface area contributed by atoms with Crippen LogP contribution in [0.2, 0.25) is 0 Å². The van der Waals surface area contributed by atoms with Gasteiger partial charge in [0.1, 0.15) is 18.1 Å². The summed E-state index contributed by atoms with van der Waals surface area (Å²) in [4.78, 5) is 16.2. The maximum atomic E-state index is 14.5. The first kappa shape index (κ1) is 23.9. The molecule has 0 spiro atoms. The van der Waals surface area contributed by atoms with Gasteiger partial charge in [0.2, 0.25) is 0 Å². The highest BCUT2D eigenvalue weighted by Crippen LogP contribution is 2.29. The number of anilines is 3. The second kappa shape index (κ2) is 10.3. The average Bonchev–Trinajstić information content (AvgIpc) is 3.22. The lowest BCUT2D eigenvalue weighted by Gasteiger charge is -2.22. The number of halogens is 2. The maximum Gasteiger partial charge on any atom is 0.411 e. The van der Waals surface area contributed by atoms with E-state index < -0.39 is 17.7 Å². The molecule has 1 aromatic heterocycles. The molecule has 0 fully saturated rings. The second-order valence-corrected chi connectivity index (χ2v) is 7.45. The first-order valence-electron chi connectivity index (χ1n) is 10.5. The number of hydrazone groups is 1. The summed E-state index contributed by atoms with van der Waals surface area (Å²) < 4.78 is 38.3. The van der Waals surface area contributed by atoms with E-state index in [4.69, 9.17) is 15.2 Å². The molecule has 1 amide bonds. The largest absolute Gasteiger partial charge is 0.447 e. The van der Waals surface area contributed by atoms with Crippen LogP contribution in [-0.4, -0.2) is 49.4 Å². The molecule has 182 valence electrons. The van der Waals surface area contributed by atoms with Crippen molar-refractivity contribution in [3.8, 4) is 11.1 Å². The van der Waals surface area contributed by atoms with Crippen LogP contribution in [0.25, 0.3) is 11.1 Å². The van der Waals surface area contributed by atoms with Crippen molar-refractivity contribution in [2.75, 3.05) is 43.4 Å². The quantitative estimate of drug-likeness (QED) is 0.438. The monoisotopic (exact) mass is 483 g/mol. The van der Waals surface area contributed by atoms with E-state index in [1.807, 2.05) is 6.07 Å². The molecule has 4 N–H and O–H groups in total. The number of amides is 1. The minimum absolute atomic E-state index is 0.0731. The van der Waals surface area contributed by atoms with E-state index in [1.165, 1.54) is 29.4 Å². The summed E-state index contributed by atoms with van der Waals surface area (Å²) in [7, 11) is 3.12. The molecule has 0 saturated carbocycles. The molecule has 0 aliphatic carbocycles. The number of methoxy groups -OCH3 is 1. The predicted molar refractivity (Wildman–Crippen MR) is 127 cm³/mol. The molecule has 10 nitrogen and oxygen atoms in total. The van der Waals surface area contributed by atoms with E-state index in [0.29, 0.717) is 16.8 Å². The molecule has 2 heterocycles. The molecule has 1 aliphatic rings. The minimum Gasteiger partial charge on any atom is -0.447 e.